The summed E-state index contributed by atoms with van der Waals surface area (Å²) in [6.45, 7) is 10.1. The Kier molecular flexibility index (Phi) is 6.68. The topological polar surface area (TPSA) is 64.3 Å². The summed E-state index contributed by atoms with van der Waals surface area (Å²) in [7, 11) is 2.17. The highest BCUT2D eigenvalue weighted by Gasteiger charge is 2.19. The Labute approximate surface area is 169 Å². The number of benzene rings is 1. The van der Waals surface area contributed by atoms with Gasteiger partial charge in [-0.3, -0.25) is 14.8 Å². The minimum Gasteiger partial charge on any atom is -0.347 e. The standard InChI is InChI=1S/C20H28BrN5O/c1-14(2)18-17(21)19(24-23-18)20(27)22-12-15-4-6-16(7-5-15)13-26-10-8-25(3)9-11-26/h4-7,14H,8-13H2,1-3H3,(H,22,27)(H,23,24). The molecule has 0 unspecified atom stereocenters. The molecular weight excluding hydrogens is 406 g/mol. The van der Waals surface area contributed by atoms with Crippen molar-refractivity contribution in [3.05, 3.63) is 51.3 Å². The SMILES string of the molecule is CC(C)c1[nH]nc(C(=O)NCc2ccc(CN3CCN(C)CC3)cc2)c1Br. The third-order valence-corrected chi connectivity index (χ3v) is 5.81. The first kappa shape index (κ1) is 20.0. The molecule has 146 valence electrons. The fourth-order valence-corrected chi connectivity index (χ4v) is 3.98. The Morgan fingerprint density at radius 1 is 1.19 bits per heavy atom. The molecule has 0 radical (unpaired) electrons. The van der Waals surface area contributed by atoms with Crippen molar-refractivity contribution in [1.82, 2.24) is 25.3 Å². The van der Waals surface area contributed by atoms with Gasteiger partial charge in [-0.05, 0) is 40.0 Å². The van der Waals surface area contributed by atoms with Gasteiger partial charge in [-0.2, -0.15) is 5.10 Å². The predicted octanol–water partition coefficient (Wildman–Crippen LogP) is 2.97. The molecule has 2 aromatic rings. The van der Waals surface area contributed by atoms with Crippen LogP contribution in [0.4, 0.5) is 0 Å². The lowest BCUT2D eigenvalue weighted by Crippen LogP contribution is -2.43. The Bertz CT molecular complexity index is 763. The molecule has 2 heterocycles. The van der Waals surface area contributed by atoms with E-state index in [2.05, 4.69) is 86.4 Å². The maximum Gasteiger partial charge on any atom is 0.273 e. The van der Waals surface area contributed by atoms with Gasteiger partial charge in [0.05, 0.1) is 10.2 Å². The van der Waals surface area contributed by atoms with Gasteiger partial charge in [0.15, 0.2) is 5.69 Å². The van der Waals surface area contributed by atoms with Gasteiger partial charge >= 0.3 is 0 Å². The van der Waals surface area contributed by atoms with Crippen molar-refractivity contribution in [2.75, 3.05) is 33.2 Å². The van der Waals surface area contributed by atoms with Crippen molar-refractivity contribution in [3.63, 3.8) is 0 Å². The Hall–Kier alpha value is -1.70. The average Bonchev–Trinajstić information content (AvgIpc) is 3.04. The van der Waals surface area contributed by atoms with E-state index in [1.807, 2.05) is 0 Å². The zero-order chi connectivity index (χ0) is 19.4. The third kappa shape index (κ3) is 5.18. The van der Waals surface area contributed by atoms with E-state index in [0.29, 0.717) is 12.2 Å². The quantitative estimate of drug-likeness (QED) is 0.734. The molecule has 1 aliphatic rings. The summed E-state index contributed by atoms with van der Waals surface area (Å²) in [5.41, 5.74) is 3.74. The van der Waals surface area contributed by atoms with Crippen LogP contribution in [0.2, 0.25) is 0 Å². The molecule has 0 saturated carbocycles. The molecule has 1 fully saturated rings. The van der Waals surface area contributed by atoms with Crippen molar-refractivity contribution < 1.29 is 4.79 Å². The minimum atomic E-state index is -0.175. The molecule has 0 aliphatic carbocycles. The molecule has 0 bridgehead atoms. The van der Waals surface area contributed by atoms with E-state index in [9.17, 15) is 4.79 Å². The third-order valence-electron chi connectivity index (χ3n) is 5.00. The smallest absolute Gasteiger partial charge is 0.273 e. The van der Waals surface area contributed by atoms with Crippen molar-refractivity contribution in [2.45, 2.75) is 32.9 Å². The summed E-state index contributed by atoms with van der Waals surface area (Å²) in [5.74, 6) is 0.104. The normalized spacial score (nSPS) is 16.0. The van der Waals surface area contributed by atoms with E-state index in [0.717, 1.165) is 48.5 Å². The van der Waals surface area contributed by atoms with E-state index < -0.39 is 0 Å². The Morgan fingerprint density at radius 3 is 2.41 bits per heavy atom. The van der Waals surface area contributed by atoms with E-state index in [-0.39, 0.29) is 11.8 Å². The molecule has 1 aliphatic heterocycles. The van der Waals surface area contributed by atoms with Crippen LogP contribution >= 0.6 is 15.9 Å². The number of hydrogen-bond donors (Lipinski definition) is 2. The molecule has 2 N–H and O–H groups in total. The van der Waals surface area contributed by atoms with Crippen molar-refractivity contribution in [2.24, 2.45) is 0 Å². The molecule has 0 spiro atoms. The minimum absolute atomic E-state index is 0.175. The van der Waals surface area contributed by atoms with E-state index in [4.69, 9.17) is 0 Å². The number of nitrogens with zero attached hydrogens (tertiary/aromatic N) is 3. The molecule has 1 aromatic carbocycles. The second kappa shape index (κ2) is 8.99. The maximum absolute atomic E-state index is 12.4. The van der Waals surface area contributed by atoms with Crippen molar-refractivity contribution in [1.29, 1.82) is 0 Å². The number of carbonyl (C=O) groups excluding carboxylic acids is 1. The lowest BCUT2D eigenvalue weighted by atomic mass is 10.1. The number of H-pyrrole nitrogens is 1. The lowest BCUT2D eigenvalue weighted by molar-refractivity contribution is 0.0945. The van der Waals surface area contributed by atoms with E-state index in [1.165, 1.54) is 5.56 Å². The summed E-state index contributed by atoms with van der Waals surface area (Å²) in [6.07, 6.45) is 0. The van der Waals surface area contributed by atoms with E-state index >= 15 is 0 Å². The lowest BCUT2D eigenvalue weighted by Gasteiger charge is -2.32. The summed E-state index contributed by atoms with van der Waals surface area (Å²) < 4.78 is 0.748. The van der Waals surface area contributed by atoms with Crippen LogP contribution in [-0.2, 0) is 13.1 Å². The van der Waals surface area contributed by atoms with Gasteiger partial charge in [-0.1, -0.05) is 38.1 Å². The van der Waals surface area contributed by atoms with Crippen molar-refractivity contribution in [3.8, 4) is 0 Å². The van der Waals surface area contributed by atoms with Gasteiger partial charge in [0, 0.05) is 39.3 Å². The molecule has 7 heteroatoms. The zero-order valence-electron chi connectivity index (χ0n) is 16.3. The predicted molar refractivity (Wildman–Crippen MR) is 111 cm³/mol. The monoisotopic (exact) mass is 433 g/mol. The Morgan fingerprint density at radius 2 is 1.81 bits per heavy atom. The summed E-state index contributed by atoms with van der Waals surface area (Å²) in [5, 5.41) is 10.0. The van der Waals surface area contributed by atoms with E-state index in [1.54, 1.807) is 0 Å². The molecular formula is C20H28BrN5O. The fraction of sp³-hybridized carbons (Fsp3) is 0.500. The first-order chi connectivity index (χ1) is 12.9. The molecule has 1 saturated heterocycles. The summed E-state index contributed by atoms with van der Waals surface area (Å²) in [6, 6.07) is 8.48. The molecule has 1 aromatic heterocycles. The Balaban J connectivity index is 1.52. The highest BCUT2D eigenvalue weighted by atomic mass is 79.9. The number of hydrogen-bond acceptors (Lipinski definition) is 4. The second-order valence-corrected chi connectivity index (χ2v) is 8.33. The van der Waals surface area contributed by atoms with Gasteiger partial charge in [0.25, 0.3) is 5.91 Å². The van der Waals surface area contributed by atoms with Gasteiger partial charge < -0.3 is 10.2 Å². The molecule has 0 atom stereocenters. The zero-order valence-corrected chi connectivity index (χ0v) is 17.8. The number of amides is 1. The first-order valence-corrected chi connectivity index (χ1v) is 10.2. The molecule has 1 amide bonds. The van der Waals surface area contributed by atoms with Crippen molar-refractivity contribution >= 4 is 21.8 Å². The molecule has 6 nitrogen and oxygen atoms in total. The summed E-state index contributed by atoms with van der Waals surface area (Å²) >= 11 is 3.48. The number of piperazine rings is 1. The number of aromatic amines is 1. The van der Waals surface area contributed by atoms with Crippen LogP contribution in [0.1, 0.15) is 47.1 Å². The summed E-state index contributed by atoms with van der Waals surface area (Å²) in [4.78, 5) is 17.2. The fourth-order valence-electron chi connectivity index (χ4n) is 3.17. The van der Waals surface area contributed by atoms with Crippen LogP contribution in [0, 0.1) is 0 Å². The molecule has 27 heavy (non-hydrogen) atoms. The van der Waals surface area contributed by atoms with Gasteiger partial charge in [-0.15, -0.1) is 0 Å². The highest BCUT2D eigenvalue weighted by Crippen LogP contribution is 2.25. The largest absolute Gasteiger partial charge is 0.347 e. The first-order valence-electron chi connectivity index (χ1n) is 9.44. The number of carbonyl (C=O) groups is 1. The number of nitrogens with one attached hydrogen (secondary N) is 2. The number of rotatable bonds is 6. The van der Waals surface area contributed by atoms with Crippen LogP contribution in [0.3, 0.4) is 0 Å². The van der Waals surface area contributed by atoms with Gasteiger partial charge in [-0.25, -0.2) is 0 Å². The van der Waals surface area contributed by atoms with Crippen LogP contribution < -0.4 is 5.32 Å². The average molecular weight is 434 g/mol. The van der Waals surface area contributed by atoms with Crippen LogP contribution in [0.25, 0.3) is 0 Å². The van der Waals surface area contributed by atoms with Gasteiger partial charge in [0.2, 0.25) is 0 Å². The number of aromatic nitrogens is 2. The number of halogens is 1. The number of likely N-dealkylation sites (N-methyl/N-ethyl adjacent to an activating group) is 1. The maximum atomic E-state index is 12.4. The molecule has 3 rings (SSSR count). The highest BCUT2D eigenvalue weighted by molar-refractivity contribution is 9.10. The second-order valence-electron chi connectivity index (χ2n) is 7.53. The van der Waals surface area contributed by atoms with Crippen LogP contribution in [-0.4, -0.2) is 59.1 Å². The van der Waals surface area contributed by atoms with Crippen LogP contribution in [0.5, 0.6) is 0 Å². The van der Waals surface area contributed by atoms with Gasteiger partial charge in [0.1, 0.15) is 0 Å². The van der Waals surface area contributed by atoms with Crippen LogP contribution in [0.15, 0.2) is 28.7 Å².